The summed E-state index contributed by atoms with van der Waals surface area (Å²) in [4.78, 5) is 34.3. The highest BCUT2D eigenvalue weighted by Gasteiger charge is 2.50. The number of hydrogen-bond donors (Lipinski definition) is 0. The van der Waals surface area contributed by atoms with Gasteiger partial charge in [-0.15, -0.1) is 18.3 Å². The van der Waals surface area contributed by atoms with Gasteiger partial charge >= 0.3 is 17.9 Å². The molecule has 1 saturated heterocycles. The van der Waals surface area contributed by atoms with Gasteiger partial charge in [-0.2, -0.15) is 0 Å². The van der Waals surface area contributed by atoms with Crippen molar-refractivity contribution in [3.8, 4) is 0 Å². The summed E-state index contributed by atoms with van der Waals surface area (Å²) >= 11 is 1.41. The monoisotopic (exact) mass is 390 g/mol. The molecule has 1 rings (SSSR count). The number of rotatable bonds is 9. The van der Waals surface area contributed by atoms with Crippen LogP contribution < -0.4 is 0 Å². The van der Waals surface area contributed by atoms with E-state index in [4.69, 9.17) is 23.7 Å². The Balaban J connectivity index is 3.17. The topological polar surface area (TPSA) is 97.4 Å². The molecule has 148 valence electrons. The number of carbonyl (C=O) groups is 3. The van der Waals surface area contributed by atoms with Gasteiger partial charge in [0, 0.05) is 20.8 Å². The van der Waals surface area contributed by atoms with Crippen LogP contribution in [0.4, 0.5) is 0 Å². The molecule has 0 bridgehead atoms. The summed E-state index contributed by atoms with van der Waals surface area (Å²) in [5.41, 5.74) is -0.564. The van der Waals surface area contributed by atoms with E-state index in [2.05, 4.69) is 6.58 Å². The number of thioether (sulfide) groups is 1. The minimum Gasteiger partial charge on any atom is -0.463 e. The van der Waals surface area contributed by atoms with E-state index in [1.807, 2.05) is 6.92 Å². The molecule has 8 nitrogen and oxygen atoms in total. The van der Waals surface area contributed by atoms with E-state index in [0.717, 1.165) is 0 Å². The van der Waals surface area contributed by atoms with Gasteiger partial charge in [0.05, 0.1) is 6.61 Å². The van der Waals surface area contributed by atoms with Crippen molar-refractivity contribution >= 4 is 29.7 Å². The number of carbonyl (C=O) groups excluding carboxylic acids is 3. The first-order valence-electron chi connectivity index (χ1n) is 8.27. The van der Waals surface area contributed by atoms with Gasteiger partial charge < -0.3 is 23.7 Å². The van der Waals surface area contributed by atoms with Crippen molar-refractivity contribution in [3.05, 3.63) is 12.7 Å². The predicted octanol–water partition coefficient (Wildman–Crippen LogP) is 1.46. The lowest BCUT2D eigenvalue weighted by molar-refractivity contribution is -0.237. The molecule has 1 aliphatic rings. The van der Waals surface area contributed by atoms with Crippen molar-refractivity contribution in [1.82, 2.24) is 0 Å². The summed E-state index contributed by atoms with van der Waals surface area (Å²) < 4.78 is 27.5. The number of hydrogen-bond acceptors (Lipinski definition) is 9. The van der Waals surface area contributed by atoms with Crippen LogP contribution in [0.25, 0.3) is 0 Å². The lowest BCUT2D eigenvalue weighted by atomic mass is 9.99. The van der Waals surface area contributed by atoms with Crippen LogP contribution in [-0.4, -0.2) is 66.7 Å². The zero-order chi connectivity index (χ0) is 19.7. The van der Waals surface area contributed by atoms with Crippen molar-refractivity contribution in [2.75, 3.05) is 19.0 Å². The third-order valence-corrected chi connectivity index (χ3v) is 4.42. The second kappa shape index (κ2) is 11.2. The second-order valence-electron chi connectivity index (χ2n) is 5.54. The molecule has 26 heavy (non-hydrogen) atoms. The minimum atomic E-state index is -0.912. The maximum absolute atomic E-state index is 11.6. The molecule has 1 aliphatic heterocycles. The van der Waals surface area contributed by atoms with Gasteiger partial charge in [0.2, 0.25) is 0 Å². The largest absolute Gasteiger partial charge is 0.463 e. The van der Waals surface area contributed by atoms with Gasteiger partial charge in [0.25, 0.3) is 0 Å². The van der Waals surface area contributed by atoms with Crippen LogP contribution in [0.1, 0.15) is 27.7 Å². The Bertz CT molecular complexity index is 509. The van der Waals surface area contributed by atoms with Crippen molar-refractivity contribution in [1.29, 1.82) is 0 Å². The molecule has 0 amide bonds. The molecule has 1 fully saturated rings. The van der Waals surface area contributed by atoms with E-state index in [1.165, 1.54) is 38.6 Å². The molecule has 0 aromatic heterocycles. The molecule has 0 N–H and O–H groups in total. The summed E-state index contributed by atoms with van der Waals surface area (Å²) in [6, 6.07) is 0. The molecule has 0 saturated carbocycles. The Morgan fingerprint density at radius 3 is 2.15 bits per heavy atom. The Hall–Kier alpha value is -1.58. The van der Waals surface area contributed by atoms with E-state index in [9.17, 15) is 14.4 Å². The molecule has 5 atom stereocenters. The van der Waals surface area contributed by atoms with Crippen LogP contribution in [0.3, 0.4) is 0 Å². The first kappa shape index (κ1) is 22.5. The molecule has 0 aromatic rings. The van der Waals surface area contributed by atoms with Crippen molar-refractivity contribution < 1.29 is 38.1 Å². The first-order valence-corrected chi connectivity index (χ1v) is 9.32. The third kappa shape index (κ3) is 6.97. The summed E-state index contributed by atoms with van der Waals surface area (Å²) in [5.74, 6) is -0.857. The van der Waals surface area contributed by atoms with Gasteiger partial charge in [-0.25, -0.2) is 0 Å². The fraction of sp³-hybridized carbons (Fsp3) is 0.706. The second-order valence-corrected chi connectivity index (χ2v) is 6.91. The van der Waals surface area contributed by atoms with E-state index in [1.54, 1.807) is 0 Å². The highest BCUT2D eigenvalue weighted by molar-refractivity contribution is 7.99. The fourth-order valence-electron chi connectivity index (χ4n) is 2.53. The highest BCUT2D eigenvalue weighted by Crippen LogP contribution is 2.34. The van der Waals surface area contributed by atoms with Crippen LogP contribution in [-0.2, 0) is 38.1 Å². The van der Waals surface area contributed by atoms with Crippen molar-refractivity contribution in [3.63, 3.8) is 0 Å². The predicted molar refractivity (Wildman–Crippen MR) is 94.5 cm³/mol. The molecule has 0 unspecified atom stereocenters. The lowest BCUT2D eigenvalue weighted by Crippen LogP contribution is -2.61. The summed E-state index contributed by atoms with van der Waals surface area (Å²) in [6.45, 7) is 9.38. The summed E-state index contributed by atoms with van der Waals surface area (Å²) in [6.07, 6.45) is -1.72. The molecule has 0 aromatic carbocycles. The van der Waals surface area contributed by atoms with E-state index in [-0.39, 0.29) is 13.2 Å². The van der Waals surface area contributed by atoms with Gasteiger partial charge in [-0.3, -0.25) is 14.4 Å². The van der Waals surface area contributed by atoms with Gasteiger partial charge in [-0.05, 0) is 5.75 Å². The number of ether oxygens (including phenoxy) is 5. The van der Waals surface area contributed by atoms with Crippen LogP contribution >= 0.6 is 11.8 Å². The van der Waals surface area contributed by atoms with Crippen molar-refractivity contribution in [2.24, 2.45) is 0 Å². The SMILES string of the molecule is C=CCO[C@@H]1[C@@H](OC(C)=O)[C@H](SCC)O[C@H](COC(C)=O)[C@H]1OC(C)=O. The molecule has 9 heteroatoms. The first-order chi connectivity index (χ1) is 12.3. The van der Waals surface area contributed by atoms with E-state index in [0.29, 0.717) is 5.75 Å². The summed E-state index contributed by atoms with van der Waals surface area (Å²) in [7, 11) is 0. The standard InChI is InChI=1S/C17H26O8S/c1-6-8-21-15-14(23-11(4)19)13(9-22-10(3)18)25-17(26-7-2)16(15)24-12(5)20/h6,13-17H,1,7-9H2,2-5H3/t13-,14-,15+,16-,17+/m1/s1. The Labute approximate surface area is 157 Å². The fourth-order valence-corrected chi connectivity index (χ4v) is 3.48. The molecule has 0 aliphatic carbocycles. The zero-order valence-corrected chi connectivity index (χ0v) is 16.3. The summed E-state index contributed by atoms with van der Waals surface area (Å²) in [5, 5.41) is 0. The average molecular weight is 390 g/mol. The van der Waals surface area contributed by atoms with Crippen LogP contribution in [0, 0.1) is 0 Å². The van der Waals surface area contributed by atoms with Crippen molar-refractivity contribution in [2.45, 2.75) is 57.5 Å². The quantitative estimate of drug-likeness (QED) is 0.329. The van der Waals surface area contributed by atoms with Gasteiger partial charge in [-0.1, -0.05) is 13.0 Å². The van der Waals surface area contributed by atoms with Crippen LogP contribution in [0.15, 0.2) is 12.7 Å². The van der Waals surface area contributed by atoms with E-state index >= 15 is 0 Å². The molecular weight excluding hydrogens is 364 g/mol. The zero-order valence-electron chi connectivity index (χ0n) is 15.5. The van der Waals surface area contributed by atoms with Crippen LogP contribution in [0.2, 0.25) is 0 Å². The Morgan fingerprint density at radius 1 is 1.04 bits per heavy atom. The normalized spacial score (nSPS) is 28.1. The Kier molecular flexibility index (Phi) is 9.68. The number of esters is 3. The minimum absolute atomic E-state index is 0.116. The molecule has 0 spiro atoms. The van der Waals surface area contributed by atoms with Gasteiger partial charge in [0.1, 0.15) is 24.3 Å². The third-order valence-electron chi connectivity index (χ3n) is 3.38. The maximum Gasteiger partial charge on any atom is 0.303 e. The molecular formula is C17H26O8S. The molecule has 1 heterocycles. The Morgan fingerprint density at radius 2 is 1.65 bits per heavy atom. The lowest BCUT2D eigenvalue weighted by Gasteiger charge is -2.44. The highest BCUT2D eigenvalue weighted by atomic mass is 32.2. The molecule has 0 radical (unpaired) electrons. The van der Waals surface area contributed by atoms with Crippen LogP contribution in [0.5, 0.6) is 0 Å². The average Bonchev–Trinajstić information content (AvgIpc) is 2.54. The smallest absolute Gasteiger partial charge is 0.303 e. The maximum atomic E-state index is 11.6. The van der Waals surface area contributed by atoms with E-state index < -0.39 is 47.8 Å². The van der Waals surface area contributed by atoms with Gasteiger partial charge in [0.15, 0.2) is 12.2 Å².